The normalized spacial score (nSPS) is 28.8. The number of hydrogen-bond acceptors (Lipinski definition) is 9. The first kappa shape index (κ1) is 28.5. The van der Waals surface area contributed by atoms with Crippen molar-refractivity contribution in [2.75, 3.05) is 6.61 Å². The average molecular weight is 541 g/mol. The zero-order chi connectivity index (χ0) is 26.7. The van der Waals surface area contributed by atoms with E-state index in [1.54, 1.807) is 51.1 Å². The fourth-order valence-corrected chi connectivity index (χ4v) is 6.12. The number of amides is 1. The zero-order valence-corrected chi connectivity index (χ0v) is 22.4. The van der Waals surface area contributed by atoms with Crippen LogP contribution in [0.4, 0.5) is 0 Å². The fraction of sp³-hybridized carbons (Fsp3) is 0.500. The predicted molar refractivity (Wildman–Crippen MR) is 136 cm³/mol. The van der Waals surface area contributed by atoms with E-state index in [9.17, 15) is 19.8 Å². The summed E-state index contributed by atoms with van der Waals surface area (Å²) in [6.07, 6.45) is -0.736. The third-order valence-corrected chi connectivity index (χ3v) is 8.08. The minimum Gasteiger partial charge on any atom is -0.462 e. The van der Waals surface area contributed by atoms with Crippen LogP contribution in [0, 0.1) is 0 Å². The number of nitrogens with zero attached hydrogens (tertiary/aromatic N) is 1. The molecule has 0 aliphatic carbocycles. The molecule has 10 nitrogen and oxygen atoms in total. The van der Waals surface area contributed by atoms with Gasteiger partial charge in [-0.2, -0.15) is 0 Å². The molecule has 2 aliphatic rings. The SMILES string of the molecule is C=C1C=CN([C@@H]2O[C@H](COP(=S)(NC(C)C(=O)OC(C)C)Oc3ccccc3)[C@@H](O)[C@@]2(C)O)C(=O)C1. The molecule has 2 aliphatic heterocycles. The molecule has 1 aromatic carbocycles. The predicted octanol–water partition coefficient (Wildman–Crippen LogP) is 2.38. The minimum atomic E-state index is -3.38. The Morgan fingerprint density at radius 1 is 1.36 bits per heavy atom. The maximum Gasteiger partial charge on any atom is 0.323 e. The van der Waals surface area contributed by atoms with Crippen molar-refractivity contribution in [3.05, 3.63) is 54.8 Å². The van der Waals surface area contributed by atoms with Crippen molar-refractivity contribution in [1.29, 1.82) is 0 Å². The molecule has 1 saturated heterocycles. The molecule has 1 fully saturated rings. The third-order valence-electron chi connectivity index (χ3n) is 5.58. The molecular formula is C24H33N2O8PS. The quantitative estimate of drug-likeness (QED) is 0.301. The molecule has 6 atom stereocenters. The van der Waals surface area contributed by atoms with Crippen LogP contribution in [0.2, 0.25) is 0 Å². The average Bonchev–Trinajstić information content (AvgIpc) is 3.01. The van der Waals surface area contributed by atoms with Crippen molar-refractivity contribution in [2.24, 2.45) is 0 Å². The second kappa shape index (κ2) is 11.5. The number of para-hydroxylation sites is 1. The molecule has 0 spiro atoms. The van der Waals surface area contributed by atoms with Crippen molar-refractivity contribution < 1.29 is 38.3 Å². The standard InChI is InChI=1S/C24H33N2O8PS/c1-15(2)32-22(29)17(4)25-35(36,34-18-9-7-6-8-10-18)31-14-19-21(28)24(5,30)23(33-19)26-12-11-16(3)13-20(26)27/h6-12,15,17,19,21,23,28,30H,3,13-14H2,1-2,4-5H3,(H,25,36)/t17?,19-,21-,23-,24-,35?/m1/s1. The monoisotopic (exact) mass is 540 g/mol. The van der Waals surface area contributed by atoms with Crippen molar-refractivity contribution >= 4 is 30.3 Å². The molecule has 198 valence electrons. The molecule has 1 amide bonds. The largest absolute Gasteiger partial charge is 0.462 e. The number of carbonyl (C=O) groups is 2. The molecule has 0 bridgehead atoms. The molecule has 3 rings (SSSR count). The van der Waals surface area contributed by atoms with E-state index >= 15 is 0 Å². The van der Waals surface area contributed by atoms with E-state index in [0.29, 0.717) is 11.3 Å². The molecule has 0 saturated carbocycles. The fourth-order valence-electron chi connectivity index (χ4n) is 3.71. The van der Waals surface area contributed by atoms with Gasteiger partial charge in [0.15, 0.2) is 6.23 Å². The summed E-state index contributed by atoms with van der Waals surface area (Å²) in [5.74, 6) is -0.436. The van der Waals surface area contributed by atoms with E-state index in [1.807, 2.05) is 6.07 Å². The number of hydrogen-bond donors (Lipinski definition) is 3. The molecule has 36 heavy (non-hydrogen) atoms. The van der Waals surface area contributed by atoms with E-state index in [-0.39, 0.29) is 25.0 Å². The zero-order valence-electron chi connectivity index (χ0n) is 20.7. The first-order valence-electron chi connectivity index (χ1n) is 11.5. The summed E-state index contributed by atoms with van der Waals surface area (Å²) in [5, 5.41) is 24.7. The van der Waals surface area contributed by atoms with Gasteiger partial charge < -0.3 is 28.7 Å². The smallest absolute Gasteiger partial charge is 0.323 e. The van der Waals surface area contributed by atoms with Crippen molar-refractivity contribution in [2.45, 2.75) is 70.3 Å². The summed E-state index contributed by atoms with van der Waals surface area (Å²) in [6, 6.07) is 7.85. The van der Waals surface area contributed by atoms with Gasteiger partial charge in [-0.15, -0.1) is 0 Å². The van der Waals surface area contributed by atoms with Gasteiger partial charge in [0.25, 0.3) is 0 Å². The summed E-state index contributed by atoms with van der Waals surface area (Å²) in [5.41, 5.74) is -1.17. The number of nitrogens with one attached hydrogen (secondary N) is 1. The maximum absolute atomic E-state index is 12.5. The number of aliphatic hydroxyl groups excluding tert-OH is 1. The van der Waals surface area contributed by atoms with Crippen molar-refractivity contribution in [3.63, 3.8) is 0 Å². The van der Waals surface area contributed by atoms with Gasteiger partial charge in [0.2, 0.25) is 5.91 Å². The van der Waals surface area contributed by atoms with Crippen molar-refractivity contribution in [3.8, 4) is 5.75 Å². The summed E-state index contributed by atoms with van der Waals surface area (Å²) < 4.78 is 23.0. The van der Waals surface area contributed by atoms with Crippen LogP contribution in [0.5, 0.6) is 5.75 Å². The summed E-state index contributed by atoms with van der Waals surface area (Å²) >= 11 is 5.67. The number of carbonyl (C=O) groups excluding carboxylic acids is 2. The van der Waals surface area contributed by atoms with Gasteiger partial charge in [-0.05, 0) is 63.3 Å². The minimum absolute atomic E-state index is 0.0731. The molecule has 12 heteroatoms. The van der Waals surface area contributed by atoms with Crippen LogP contribution in [0.1, 0.15) is 34.1 Å². The first-order valence-corrected chi connectivity index (χ1v) is 14.2. The number of allylic oxidation sites excluding steroid dienone is 1. The van der Waals surface area contributed by atoms with Crippen LogP contribution < -0.4 is 9.61 Å². The van der Waals surface area contributed by atoms with E-state index in [2.05, 4.69) is 11.7 Å². The van der Waals surface area contributed by atoms with E-state index in [1.165, 1.54) is 18.0 Å². The highest BCUT2D eigenvalue weighted by Crippen LogP contribution is 2.46. The highest BCUT2D eigenvalue weighted by atomic mass is 32.5. The van der Waals surface area contributed by atoms with Crippen LogP contribution >= 0.6 is 6.64 Å². The number of ether oxygens (including phenoxy) is 2. The Bertz CT molecular complexity index is 1050. The van der Waals surface area contributed by atoms with E-state index in [0.717, 1.165) is 0 Å². The second-order valence-corrected chi connectivity index (χ2v) is 12.3. The molecule has 3 N–H and O–H groups in total. The molecule has 2 unspecified atom stereocenters. The Balaban J connectivity index is 1.76. The number of esters is 1. The summed E-state index contributed by atoms with van der Waals surface area (Å²) in [6.45, 7) is 6.52. The van der Waals surface area contributed by atoms with Gasteiger partial charge >= 0.3 is 12.6 Å². The molecule has 0 radical (unpaired) electrons. The molecule has 2 heterocycles. The highest BCUT2D eigenvalue weighted by molar-refractivity contribution is 8.09. The Hall–Kier alpha value is -2.11. The topological polar surface area (TPSA) is 127 Å². The Morgan fingerprint density at radius 2 is 2.03 bits per heavy atom. The number of rotatable bonds is 10. The number of aliphatic hydroxyl groups is 2. The lowest BCUT2D eigenvalue weighted by atomic mass is 9.95. The van der Waals surface area contributed by atoms with Crippen LogP contribution in [-0.2, 0) is 35.4 Å². The van der Waals surface area contributed by atoms with Gasteiger partial charge in [-0.3, -0.25) is 14.5 Å². The third kappa shape index (κ3) is 6.80. The van der Waals surface area contributed by atoms with E-state index in [4.69, 9.17) is 30.3 Å². The van der Waals surface area contributed by atoms with Crippen LogP contribution in [0.3, 0.4) is 0 Å². The highest BCUT2D eigenvalue weighted by Gasteiger charge is 2.55. The lowest BCUT2D eigenvalue weighted by Gasteiger charge is -2.35. The van der Waals surface area contributed by atoms with Gasteiger partial charge in [0.1, 0.15) is 29.6 Å². The van der Waals surface area contributed by atoms with Gasteiger partial charge in [0.05, 0.1) is 19.1 Å². The Labute approximate surface area is 216 Å². The van der Waals surface area contributed by atoms with Gasteiger partial charge in [-0.25, -0.2) is 5.09 Å². The summed E-state index contributed by atoms with van der Waals surface area (Å²) in [7, 11) is 0. The lowest BCUT2D eigenvalue weighted by Crippen LogP contribution is -2.53. The second-order valence-electron chi connectivity index (χ2n) is 9.18. The summed E-state index contributed by atoms with van der Waals surface area (Å²) in [4.78, 5) is 26.1. The van der Waals surface area contributed by atoms with E-state index < -0.39 is 42.7 Å². The van der Waals surface area contributed by atoms with Crippen LogP contribution in [0.15, 0.2) is 54.8 Å². The van der Waals surface area contributed by atoms with Gasteiger partial charge in [0, 0.05) is 6.20 Å². The Kier molecular flexibility index (Phi) is 9.11. The molecule has 0 aromatic heterocycles. The lowest BCUT2D eigenvalue weighted by molar-refractivity contribution is -0.156. The molecule has 1 aromatic rings. The van der Waals surface area contributed by atoms with Crippen LogP contribution in [-0.4, -0.2) is 69.8 Å². The van der Waals surface area contributed by atoms with Crippen LogP contribution in [0.25, 0.3) is 0 Å². The molecular weight excluding hydrogens is 507 g/mol. The first-order chi connectivity index (χ1) is 16.8. The maximum atomic E-state index is 12.5. The number of benzene rings is 1. The van der Waals surface area contributed by atoms with Crippen molar-refractivity contribution in [1.82, 2.24) is 9.99 Å². The van der Waals surface area contributed by atoms with Gasteiger partial charge in [-0.1, -0.05) is 24.8 Å². The Morgan fingerprint density at radius 3 is 2.64 bits per heavy atom.